The van der Waals surface area contributed by atoms with Gasteiger partial charge in [-0.05, 0) is 62.8 Å². The van der Waals surface area contributed by atoms with Gasteiger partial charge in [-0.25, -0.2) is 0 Å². The zero-order chi connectivity index (χ0) is 12.0. The Morgan fingerprint density at radius 3 is 2.06 bits per heavy atom. The van der Waals surface area contributed by atoms with Crippen LogP contribution in [-0.2, 0) is 0 Å². The second kappa shape index (κ2) is 4.01. The van der Waals surface area contributed by atoms with Gasteiger partial charge >= 0.3 is 0 Å². The summed E-state index contributed by atoms with van der Waals surface area (Å²) < 4.78 is 0. The minimum Gasteiger partial charge on any atom is -0.300 e. The molecule has 0 amide bonds. The smallest absolute Gasteiger partial charge is 0.00461 e. The van der Waals surface area contributed by atoms with Crippen molar-refractivity contribution in [2.24, 2.45) is 16.7 Å². The summed E-state index contributed by atoms with van der Waals surface area (Å²) in [5.41, 5.74) is 1.34. The summed E-state index contributed by atoms with van der Waals surface area (Å²) >= 11 is 0. The van der Waals surface area contributed by atoms with E-state index >= 15 is 0 Å². The number of hydrogen-bond acceptors (Lipinski definition) is 1. The molecule has 0 N–H and O–H groups in total. The number of piperidine rings is 1. The highest BCUT2D eigenvalue weighted by Gasteiger charge is 2.61. The quantitative estimate of drug-likeness (QED) is 0.700. The van der Waals surface area contributed by atoms with Crippen molar-refractivity contribution in [2.45, 2.75) is 66.3 Å². The lowest BCUT2D eigenvalue weighted by molar-refractivity contribution is -0.0359. The Hall–Kier alpha value is -0.0400. The fourth-order valence-corrected chi connectivity index (χ4v) is 4.34. The van der Waals surface area contributed by atoms with Crippen molar-refractivity contribution in [3.63, 3.8) is 0 Å². The molecule has 0 radical (unpaired) electrons. The van der Waals surface area contributed by atoms with Crippen LogP contribution < -0.4 is 0 Å². The highest BCUT2D eigenvalue weighted by atomic mass is 15.2. The number of hydrogen-bond donors (Lipinski definition) is 0. The molecule has 2 rings (SSSR count). The summed E-state index contributed by atoms with van der Waals surface area (Å²) in [6.45, 7) is 14.7. The van der Waals surface area contributed by atoms with E-state index < -0.39 is 0 Å². The van der Waals surface area contributed by atoms with Crippen molar-refractivity contribution >= 4 is 0 Å². The third-order valence-corrected chi connectivity index (χ3v) is 5.73. The fourth-order valence-electron chi connectivity index (χ4n) is 4.34. The molecule has 1 heteroatoms. The summed E-state index contributed by atoms with van der Waals surface area (Å²) in [7, 11) is 0. The molecule has 0 bridgehead atoms. The summed E-state index contributed by atoms with van der Waals surface area (Å²) in [6, 6.07) is 0.736. The third kappa shape index (κ3) is 1.63. The van der Waals surface area contributed by atoms with Crippen LogP contribution >= 0.6 is 0 Å². The van der Waals surface area contributed by atoms with Crippen molar-refractivity contribution in [3.8, 4) is 0 Å². The highest BCUT2D eigenvalue weighted by Crippen LogP contribution is 2.66. The molecular formula is C15H29N. The average Bonchev–Trinajstić information content (AvgIpc) is 2.98. The Kier molecular flexibility index (Phi) is 3.11. The molecule has 1 saturated heterocycles. The molecular weight excluding hydrogens is 194 g/mol. The van der Waals surface area contributed by atoms with Crippen molar-refractivity contribution in [1.82, 2.24) is 4.90 Å². The predicted octanol–water partition coefficient (Wildman–Crippen LogP) is 3.93. The molecule has 1 nitrogen and oxygen atoms in total. The molecule has 2 aliphatic rings. The number of nitrogens with zero attached hydrogens (tertiary/aromatic N) is 1. The van der Waals surface area contributed by atoms with Crippen molar-refractivity contribution < 1.29 is 0 Å². The van der Waals surface area contributed by atoms with Crippen molar-refractivity contribution in [1.29, 1.82) is 0 Å². The summed E-state index contributed by atoms with van der Waals surface area (Å²) in [5, 5.41) is 0. The van der Waals surface area contributed by atoms with Gasteiger partial charge in [0.25, 0.3) is 0 Å². The molecule has 94 valence electrons. The summed E-state index contributed by atoms with van der Waals surface area (Å²) in [5.74, 6) is 0.856. The van der Waals surface area contributed by atoms with Gasteiger partial charge in [-0.3, -0.25) is 0 Å². The molecule has 0 aromatic heterocycles. The average molecular weight is 223 g/mol. The lowest BCUT2D eigenvalue weighted by Gasteiger charge is -2.52. The van der Waals surface area contributed by atoms with Gasteiger partial charge in [0.1, 0.15) is 0 Å². The van der Waals surface area contributed by atoms with Crippen LogP contribution in [-0.4, -0.2) is 24.0 Å². The molecule has 1 heterocycles. The lowest BCUT2D eigenvalue weighted by atomic mass is 9.59. The van der Waals surface area contributed by atoms with E-state index in [0.29, 0.717) is 10.8 Å². The van der Waals surface area contributed by atoms with Crippen LogP contribution in [0.2, 0.25) is 0 Å². The van der Waals surface area contributed by atoms with Gasteiger partial charge in [-0.2, -0.15) is 0 Å². The summed E-state index contributed by atoms with van der Waals surface area (Å²) in [6.07, 6.45) is 5.79. The van der Waals surface area contributed by atoms with Gasteiger partial charge < -0.3 is 4.90 Å². The highest BCUT2D eigenvalue weighted by molar-refractivity contribution is 5.12. The monoisotopic (exact) mass is 223 g/mol. The lowest BCUT2D eigenvalue weighted by Crippen LogP contribution is -2.52. The number of rotatable bonds is 3. The zero-order valence-electron chi connectivity index (χ0n) is 11.8. The molecule has 1 aliphatic carbocycles. The fraction of sp³-hybridized carbons (Fsp3) is 1.00. The van der Waals surface area contributed by atoms with Crippen molar-refractivity contribution in [3.05, 3.63) is 0 Å². The van der Waals surface area contributed by atoms with Gasteiger partial charge in [0.15, 0.2) is 0 Å². The molecule has 0 aromatic rings. The molecule has 0 aromatic carbocycles. The van der Waals surface area contributed by atoms with Crippen LogP contribution in [0.25, 0.3) is 0 Å². The van der Waals surface area contributed by atoms with Crippen LogP contribution in [0.15, 0.2) is 0 Å². The first-order valence-corrected chi connectivity index (χ1v) is 7.21. The van der Waals surface area contributed by atoms with Crippen molar-refractivity contribution in [2.75, 3.05) is 13.1 Å². The van der Waals surface area contributed by atoms with Crippen LogP contribution in [0.1, 0.15) is 60.3 Å². The van der Waals surface area contributed by atoms with Gasteiger partial charge in [-0.1, -0.05) is 20.8 Å². The molecule has 1 atom stereocenters. The Balaban J connectivity index is 2.19. The predicted molar refractivity (Wildman–Crippen MR) is 70.6 cm³/mol. The van der Waals surface area contributed by atoms with Crippen LogP contribution in [0, 0.1) is 16.7 Å². The molecule has 2 fully saturated rings. The zero-order valence-corrected chi connectivity index (χ0v) is 11.8. The standard InChI is InChI=1S/C15H29N/c1-6-15(12(2)3)9-10-16(13(4)5)11-14(15)7-8-14/h12-13H,6-11H2,1-5H3. The summed E-state index contributed by atoms with van der Waals surface area (Å²) in [4.78, 5) is 2.71. The van der Waals surface area contributed by atoms with Gasteiger partial charge in [0, 0.05) is 12.6 Å². The maximum Gasteiger partial charge on any atom is 0.00461 e. The molecule has 1 spiro atoms. The Bertz CT molecular complexity index is 252. The van der Waals surface area contributed by atoms with E-state index in [1.165, 1.54) is 38.8 Å². The Morgan fingerprint density at radius 2 is 1.69 bits per heavy atom. The second-order valence-corrected chi connectivity index (χ2v) is 6.76. The number of likely N-dealkylation sites (tertiary alicyclic amines) is 1. The largest absolute Gasteiger partial charge is 0.300 e. The maximum absolute atomic E-state index is 2.71. The van der Waals surface area contributed by atoms with Gasteiger partial charge in [0.05, 0.1) is 0 Å². The Morgan fingerprint density at radius 1 is 1.06 bits per heavy atom. The Labute approximate surface area is 102 Å². The van der Waals surface area contributed by atoms with Crippen LogP contribution in [0.3, 0.4) is 0 Å². The first-order valence-electron chi connectivity index (χ1n) is 7.21. The van der Waals surface area contributed by atoms with Crippen LogP contribution in [0.4, 0.5) is 0 Å². The first kappa shape index (κ1) is 12.4. The van der Waals surface area contributed by atoms with E-state index in [1.807, 2.05) is 0 Å². The van der Waals surface area contributed by atoms with E-state index in [2.05, 4.69) is 39.5 Å². The molecule has 1 aliphatic heterocycles. The topological polar surface area (TPSA) is 3.24 Å². The third-order valence-electron chi connectivity index (χ3n) is 5.73. The minimum absolute atomic E-state index is 0.651. The van der Waals surface area contributed by atoms with E-state index in [1.54, 1.807) is 0 Å². The van der Waals surface area contributed by atoms with Crippen LogP contribution in [0.5, 0.6) is 0 Å². The normalized spacial score (nSPS) is 33.9. The minimum atomic E-state index is 0.651. The first-order chi connectivity index (χ1) is 7.47. The van der Waals surface area contributed by atoms with E-state index in [-0.39, 0.29) is 0 Å². The van der Waals surface area contributed by atoms with E-state index in [4.69, 9.17) is 0 Å². The van der Waals surface area contributed by atoms with E-state index in [0.717, 1.165) is 12.0 Å². The molecule has 1 unspecified atom stereocenters. The second-order valence-electron chi connectivity index (χ2n) is 6.76. The van der Waals surface area contributed by atoms with Gasteiger partial charge in [0.2, 0.25) is 0 Å². The SMILES string of the molecule is CCC1(C(C)C)CCN(C(C)C)CC12CC2. The molecule has 16 heavy (non-hydrogen) atoms. The maximum atomic E-state index is 2.71. The van der Waals surface area contributed by atoms with E-state index in [9.17, 15) is 0 Å². The molecule has 1 saturated carbocycles. The van der Waals surface area contributed by atoms with Gasteiger partial charge in [-0.15, -0.1) is 0 Å².